The second-order valence-corrected chi connectivity index (χ2v) is 6.33. The molecule has 0 bridgehead atoms. The minimum absolute atomic E-state index is 0.0510. The third kappa shape index (κ3) is 3.05. The van der Waals surface area contributed by atoms with Gasteiger partial charge in [-0.05, 0) is 39.5 Å². The van der Waals surface area contributed by atoms with Crippen LogP contribution in [0.15, 0.2) is 0 Å². The number of rotatable bonds is 3. The van der Waals surface area contributed by atoms with Crippen LogP contribution in [0, 0.1) is 0 Å². The number of amides is 1. The van der Waals surface area contributed by atoms with Crippen LogP contribution in [0.3, 0.4) is 0 Å². The number of aromatic nitrogens is 2. The van der Waals surface area contributed by atoms with Gasteiger partial charge in [-0.15, -0.1) is 0 Å². The lowest BCUT2D eigenvalue weighted by atomic mass is 10.0. The van der Waals surface area contributed by atoms with Gasteiger partial charge in [0.25, 0.3) is 5.91 Å². The topological polar surface area (TPSA) is 73.0 Å². The van der Waals surface area contributed by atoms with Gasteiger partial charge in [0.15, 0.2) is 5.69 Å². The quantitative estimate of drug-likeness (QED) is 0.786. The lowest BCUT2D eigenvalue weighted by Gasteiger charge is -2.34. The Balaban J connectivity index is 1.59. The minimum atomic E-state index is -0.0510. The smallest absolute Gasteiger partial charge is 0.274 e. The van der Waals surface area contributed by atoms with Crippen LogP contribution < -0.4 is 10.6 Å². The van der Waals surface area contributed by atoms with Crippen LogP contribution in [-0.4, -0.2) is 52.7 Å². The molecule has 2 aliphatic heterocycles. The molecule has 0 aliphatic carbocycles. The van der Waals surface area contributed by atoms with E-state index in [0.717, 1.165) is 56.7 Å². The van der Waals surface area contributed by atoms with E-state index in [4.69, 9.17) is 0 Å². The third-order valence-corrected chi connectivity index (χ3v) is 4.56. The second kappa shape index (κ2) is 6.05. The minimum Gasteiger partial charge on any atom is -0.382 e. The fraction of sp³-hybridized carbons (Fsp3) is 0.733. The Morgan fingerprint density at radius 2 is 2.14 bits per heavy atom. The Morgan fingerprint density at radius 3 is 2.86 bits per heavy atom. The maximum atomic E-state index is 12.4. The molecule has 1 aromatic heterocycles. The molecule has 0 spiro atoms. The molecule has 0 unspecified atom stereocenters. The average molecular weight is 291 g/mol. The van der Waals surface area contributed by atoms with Gasteiger partial charge in [0, 0.05) is 31.7 Å². The van der Waals surface area contributed by atoms with Gasteiger partial charge >= 0.3 is 0 Å². The van der Waals surface area contributed by atoms with Gasteiger partial charge < -0.3 is 15.5 Å². The molecule has 3 heterocycles. The summed E-state index contributed by atoms with van der Waals surface area (Å²) in [5, 5.41) is 13.6. The van der Waals surface area contributed by atoms with E-state index in [2.05, 4.69) is 39.6 Å². The molecule has 6 heteroatoms. The summed E-state index contributed by atoms with van der Waals surface area (Å²) in [4.78, 5) is 14.9. The molecule has 0 saturated carbocycles. The molecule has 0 atom stereocenters. The molecule has 2 aliphatic rings. The first-order valence-electron chi connectivity index (χ1n) is 8.01. The first-order valence-corrected chi connectivity index (χ1v) is 8.01. The van der Waals surface area contributed by atoms with Crippen LogP contribution in [-0.2, 0) is 6.42 Å². The van der Waals surface area contributed by atoms with Crippen molar-refractivity contribution in [2.75, 3.05) is 25.0 Å². The highest BCUT2D eigenvalue weighted by atomic mass is 16.2. The van der Waals surface area contributed by atoms with Crippen molar-refractivity contribution in [1.29, 1.82) is 0 Å². The van der Waals surface area contributed by atoms with Gasteiger partial charge in [0.1, 0.15) is 0 Å². The molecular weight excluding hydrogens is 266 g/mol. The van der Waals surface area contributed by atoms with Crippen LogP contribution in [0.25, 0.3) is 0 Å². The van der Waals surface area contributed by atoms with Gasteiger partial charge in [-0.2, -0.15) is 5.10 Å². The predicted molar refractivity (Wildman–Crippen MR) is 82.6 cm³/mol. The number of nitrogens with one attached hydrogen (secondary N) is 3. The molecule has 0 radical (unpaired) electrons. The van der Waals surface area contributed by atoms with E-state index >= 15 is 0 Å². The first-order chi connectivity index (χ1) is 10.1. The largest absolute Gasteiger partial charge is 0.382 e. The molecule has 116 valence electrons. The number of likely N-dealkylation sites (tertiary alicyclic amines) is 1. The fourth-order valence-electron chi connectivity index (χ4n) is 3.21. The van der Waals surface area contributed by atoms with Crippen LogP contribution >= 0.6 is 0 Å². The van der Waals surface area contributed by atoms with Crippen molar-refractivity contribution in [3.63, 3.8) is 0 Å². The van der Waals surface area contributed by atoms with E-state index in [-0.39, 0.29) is 11.9 Å². The summed E-state index contributed by atoms with van der Waals surface area (Å²) in [6.45, 7) is 7.47. The molecule has 0 aromatic carbocycles. The van der Waals surface area contributed by atoms with Crippen molar-refractivity contribution in [2.45, 2.75) is 51.6 Å². The second-order valence-electron chi connectivity index (χ2n) is 6.33. The molecule has 3 N–H and O–H groups in total. The van der Waals surface area contributed by atoms with Crippen LogP contribution in [0.2, 0.25) is 0 Å². The van der Waals surface area contributed by atoms with E-state index < -0.39 is 0 Å². The first kappa shape index (κ1) is 14.4. The fourth-order valence-corrected chi connectivity index (χ4v) is 3.21. The highest BCUT2D eigenvalue weighted by molar-refractivity contribution is 5.98. The van der Waals surface area contributed by atoms with E-state index in [1.165, 1.54) is 0 Å². The number of fused-ring (bicyclic) bond motifs is 1. The summed E-state index contributed by atoms with van der Waals surface area (Å²) in [5.74, 6) is -0.0510. The van der Waals surface area contributed by atoms with Crippen molar-refractivity contribution < 1.29 is 4.79 Å². The molecule has 3 rings (SSSR count). The average Bonchev–Trinajstić information content (AvgIpc) is 2.92. The number of carbonyl (C=O) groups is 1. The van der Waals surface area contributed by atoms with Crippen molar-refractivity contribution in [3.8, 4) is 0 Å². The Bertz CT molecular complexity index is 502. The summed E-state index contributed by atoms with van der Waals surface area (Å²) in [6.07, 6.45) is 4.09. The van der Waals surface area contributed by atoms with Crippen LogP contribution in [0.5, 0.6) is 0 Å². The Labute approximate surface area is 125 Å². The molecule has 1 saturated heterocycles. The monoisotopic (exact) mass is 291 g/mol. The van der Waals surface area contributed by atoms with Crippen molar-refractivity contribution in [2.24, 2.45) is 0 Å². The zero-order valence-corrected chi connectivity index (χ0v) is 12.9. The van der Waals surface area contributed by atoms with Crippen LogP contribution in [0.4, 0.5) is 5.69 Å². The molecule has 6 nitrogen and oxygen atoms in total. The van der Waals surface area contributed by atoms with Gasteiger partial charge in [-0.25, -0.2) is 0 Å². The van der Waals surface area contributed by atoms with Gasteiger partial charge in [-0.3, -0.25) is 9.89 Å². The van der Waals surface area contributed by atoms with E-state index in [9.17, 15) is 4.79 Å². The van der Waals surface area contributed by atoms with E-state index in [1.54, 1.807) is 0 Å². The van der Waals surface area contributed by atoms with Crippen LogP contribution in [0.1, 0.15) is 49.3 Å². The Morgan fingerprint density at radius 1 is 1.38 bits per heavy atom. The molecule has 1 fully saturated rings. The molecule has 1 aromatic rings. The molecular formula is C15H25N5O. The van der Waals surface area contributed by atoms with Gasteiger partial charge in [0.05, 0.1) is 11.4 Å². The van der Waals surface area contributed by atoms with Gasteiger partial charge in [0.2, 0.25) is 0 Å². The number of aryl methyl sites for hydroxylation is 1. The lowest BCUT2D eigenvalue weighted by Crippen LogP contribution is -2.46. The number of nitrogens with zero attached hydrogens (tertiary/aromatic N) is 2. The van der Waals surface area contributed by atoms with Crippen molar-refractivity contribution >= 4 is 11.6 Å². The number of H-pyrrole nitrogens is 1. The number of hydrogen-bond acceptors (Lipinski definition) is 4. The van der Waals surface area contributed by atoms with E-state index in [0.29, 0.717) is 11.7 Å². The van der Waals surface area contributed by atoms with Crippen molar-refractivity contribution in [1.82, 2.24) is 20.4 Å². The summed E-state index contributed by atoms with van der Waals surface area (Å²) in [6, 6.07) is 0.854. The SMILES string of the molecule is CC(C)N1CCC(NC(=O)c2n[nH]c3c2NCCC3)CC1. The Kier molecular flexibility index (Phi) is 4.14. The number of anilines is 1. The lowest BCUT2D eigenvalue weighted by molar-refractivity contribution is 0.0896. The number of hydrogen-bond donors (Lipinski definition) is 3. The number of carbonyl (C=O) groups excluding carboxylic acids is 1. The zero-order valence-electron chi connectivity index (χ0n) is 12.9. The normalized spacial score (nSPS) is 20.1. The maximum Gasteiger partial charge on any atom is 0.274 e. The standard InChI is InChI=1S/C15H25N5O/c1-10(2)20-8-5-11(6-9-20)17-15(21)14-13-12(18-19-14)4-3-7-16-13/h10-11,16H,3-9H2,1-2H3,(H,17,21)(H,18,19). The van der Waals surface area contributed by atoms with Gasteiger partial charge in [-0.1, -0.05) is 0 Å². The molecule has 21 heavy (non-hydrogen) atoms. The summed E-state index contributed by atoms with van der Waals surface area (Å²) < 4.78 is 0. The molecule has 1 amide bonds. The third-order valence-electron chi connectivity index (χ3n) is 4.56. The summed E-state index contributed by atoms with van der Waals surface area (Å²) >= 11 is 0. The highest BCUT2D eigenvalue weighted by Crippen LogP contribution is 2.23. The summed E-state index contributed by atoms with van der Waals surface area (Å²) in [5.41, 5.74) is 2.48. The number of piperidine rings is 1. The van der Waals surface area contributed by atoms with E-state index in [1.807, 2.05) is 0 Å². The van der Waals surface area contributed by atoms with Crippen molar-refractivity contribution in [3.05, 3.63) is 11.4 Å². The Hall–Kier alpha value is -1.56. The predicted octanol–water partition coefficient (Wildman–Crippen LogP) is 1.37. The highest BCUT2D eigenvalue weighted by Gasteiger charge is 2.26. The zero-order chi connectivity index (χ0) is 14.8. The summed E-state index contributed by atoms with van der Waals surface area (Å²) in [7, 11) is 0. The maximum absolute atomic E-state index is 12.4. The number of aromatic amines is 1.